The predicted molar refractivity (Wildman–Crippen MR) is 88.7 cm³/mol. The Hall–Kier alpha value is -0.460. The average molecular weight is 388 g/mol. The first-order chi connectivity index (χ1) is 9.10. The lowest BCUT2D eigenvalue weighted by Gasteiger charge is -2.18. The van der Waals surface area contributed by atoms with E-state index < -0.39 is 0 Å². The molecule has 104 valence electrons. The van der Waals surface area contributed by atoms with Crippen molar-refractivity contribution < 1.29 is 4.74 Å². The Labute approximate surface area is 133 Å². The highest BCUT2D eigenvalue weighted by Gasteiger charge is 2.14. The largest absolute Gasteiger partial charge is 0.492 e. The quantitative estimate of drug-likeness (QED) is 0.417. The summed E-state index contributed by atoms with van der Waals surface area (Å²) in [6.07, 6.45) is 9.17. The monoisotopic (exact) mass is 386 g/mol. The molecule has 0 aromatic heterocycles. The summed E-state index contributed by atoms with van der Waals surface area (Å²) in [7, 11) is 0. The summed E-state index contributed by atoms with van der Waals surface area (Å²) < 4.78 is 8.04. The van der Waals surface area contributed by atoms with Crippen LogP contribution in [0.2, 0.25) is 0 Å². The van der Waals surface area contributed by atoms with Crippen LogP contribution in [0.5, 0.6) is 5.75 Å². The predicted octanol–water partition coefficient (Wildman–Crippen LogP) is 5.91. The zero-order valence-corrected chi connectivity index (χ0v) is 14.7. The number of unbranched alkanes of at least 4 members (excludes halogenated alkanes) is 2. The number of ether oxygens (including phenoxy) is 1. The molecule has 19 heavy (non-hydrogen) atoms. The molecule has 1 atom stereocenters. The second kappa shape index (κ2) is 8.66. The first kappa shape index (κ1) is 16.6. The molecule has 0 N–H and O–H groups in total. The van der Waals surface area contributed by atoms with Crippen molar-refractivity contribution in [1.29, 1.82) is 0 Å². The fourth-order valence-corrected chi connectivity index (χ4v) is 3.19. The third kappa shape index (κ3) is 5.20. The summed E-state index contributed by atoms with van der Waals surface area (Å²) in [5, 5.41) is 0. The van der Waals surface area contributed by atoms with Crippen molar-refractivity contribution in [2.45, 2.75) is 45.4 Å². The Morgan fingerprint density at radius 1 is 1.32 bits per heavy atom. The van der Waals surface area contributed by atoms with Gasteiger partial charge in [-0.3, -0.25) is 0 Å². The van der Waals surface area contributed by atoms with Crippen LogP contribution in [0.1, 0.15) is 51.0 Å². The van der Waals surface area contributed by atoms with Gasteiger partial charge in [0.1, 0.15) is 5.75 Å². The molecule has 0 saturated carbocycles. The zero-order chi connectivity index (χ0) is 14.3. The minimum Gasteiger partial charge on any atom is -0.492 e. The fraction of sp³-hybridized carbons (Fsp3) is 0.500. The van der Waals surface area contributed by atoms with Crippen LogP contribution in [-0.2, 0) is 0 Å². The number of hydrogen-bond acceptors (Lipinski definition) is 1. The van der Waals surface area contributed by atoms with Crippen molar-refractivity contribution in [3.05, 3.63) is 26.6 Å². The maximum Gasteiger partial charge on any atom is 0.136 e. The molecule has 0 fully saturated rings. The number of hydrogen-bond donors (Lipinski definition) is 0. The highest BCUT2D eigenvalue weighted by atomic mass is 79.9. The van der Waals surface area contributed by atoms with Crippen molar-refractivity contribution in [3.63, 3.8) is 0 Å². The van der Waals surface area contributed by atoms with E-state index in [9.17, 15) is 0 Å². The smallest absolute Gasteiger partial charge is 0.136 e. The average Bonchev–Trinajstić information content (AvgIpc) is 2.39. The van der Waals surface area contributed by atoms with Gasteiger partial charge in [0.25, 0.3) is 0 Å². The van der Waals surface area contributed by atoms with Gasteiger partial charge in [-0.25, -0.2) is 0 Å². The molecule has 1 aromatic rings. The molecular formula is C16H20Br2O. The molecule has 0 aliphatic heterocycles. The molecule has 0 aliphatic carbocycles. The summed E-state index contributed by atoms with van der Waals surface area (Å²) in [5.41, 5.74) is 1.25. The first-order valence-corrected chi connectivity index (χ1v) is 8.24. The highest BCUT2D eigenvalue weighted by Crippen LogP contribution is 2.38. The van der Waals surface area contributed by atoms with E-state index in [0.717, 1.165) is 40.4 Å². The fourth-order valence-electron chi connectivity index (χ4n) is 1.82. The van der Waals surface area contributed by atoms with Crippen LogP contribution in [0.4, 0.5) is 0 Å². The van der Waals surface area contributed by atoms with Crippen molar-refractivity contribution in [2.75, 3.05) is 6.61 Å². The number of terminal acetylenes is 1. The standard InChI is InChI=1S/C16H20Br2O/c1-4-6-7-8-9-19-16-14(12(3)5-2)10-13(17)11-15(16)18/h1,10-12H,5-9H2,2-3H3. The van der Waals surface area contributed by atoms with Crippen LogP contribution in [0, 0.1) is 12.3 Å². The maximum absolute atomic E-state index is 5.96. The lowest BCUT2D eigenvalue weighted by molar-refractivity contribution is 0.301. The molecule has 1 unspecified atom stereocenters. The molecule has 0 aliphatic rings. The van der Waals surface area contributed by atoms with Crippen molar-refractivity contribution >= 4 is 31.9 Å². The van der Waals surface area contributed by atoms with Gasteiger partial charge in [0.05, 0.1) is 11.1 Å². The van der Waals surface area contributed by atoms with E-state index in [2.05, 4.69) is 57.7 Å². The van der Waals surface area contributed by atoms with Gasteiger partial charge in [0.2, 0.25) is 0 Å². The molecule has 0 spiro atoms. The molecule has 0 amide bonds. The molecule has 1 aromatic carbocycles. The van der Waals surface area contributed by atoms with Crippen LogP contribution in [-0.4, -0.2) is 6.61 Å². The van der Waals surface area contributed by atoms with Crippen molar-refractivity contribution in [3.8, 4) is 18.1 Å². The Bertz CT molecular complexity index is 449. The lowest BCUT2D eigenvalue weighted by Crippen LogP contribution is -2.03. The second-order valence-electron chi connectivity index (χ2n) is 4.62. The van der Waals surface area contributed by atoms with Crippen molar-refractivity contribution in [2.24, 2.45) is 0 Å². The summed E-state index contributed by atoms with van der Waals surface area (Å²) in [5.74, 6) is 4.10. The van der Waals surface area contributed by atoms with E-state index in [-0.39, 0.29) is 0 Å². The van der Waals surface area contributed by atoms with E-state index in [0.29, 0.717) is 12.5 Å². The Morgan fingerprint density at radius 2 is 2.05 bits per heavy atom. The Morgan fingerprint density at radius 3 is 2.68 bits per heavy atom. The van der Waals surface area contributed by atoms with Gasteiger partial charge in [0, 0.05) is 10.9 Å². The van der Waals surface area contributed by atoms with E-state index in [4.69, 9.17) is 11.2 Å². The number of benzene rings is 1. The van der Waals surface area contributed by atoms with Gasteiger partial charge in [-0.15, -0.1) is 12.3 Å². The van der Waals surface area contributed by atoms with E-state index in [1.807, 2.05) is 6.07 Å². The minimum absolute atomic E-state index is 0.481. The van der Waals surface area contributed by atoms with Crippen LogP contribution >= 0.6 is 31.9 Å². The van der Waals surface area contributed by atoms with Gasteiger partial charge in [0.15, 0.2) is 0 Å². The van der Waals surface area contributed by atoms with Crippen LogP contribution in [0.25, 0.3) is 0 Å². The van der Waals surface area contributed by atoms with Crippen molar-refractivity contribution in [1.82, 2.24) is 0 Å². The second-order valence-corrected chi connectivity index (χ2v) is 6.39. The Balaban J connectivity index is 2.77. The summed E-state index contributed by atoms with van der Waals surface area (Å²) in [4.78, 5) is 0. The van der Waals surface area contributed by atoms with Gasteiger partial charge >= 0.3 is 0 Å². The molecule has 1 nitrogen and oxygen atoms in total. The molecular weight excluding hydrogens is 368 g/mol. The van der Waals surface area contributed by atoms with Crippen LogP contribution in [0.15, 0.2) is 21.1 Å². The van der Waals surface area contributed by atoms with Gasteiger partial charge in [-0.1, -0.05) is 29.8 Å². The van der Waals surface area contributed by atoms with Gasteiger partial charge < -0.3 is 4.74 Å². The maximum atomic E-state index is 5.96. The van der Waals surface area contributed by atoms with Gasteiger partial charge in [-0.2, -0.15) is 0 Å². The topological polar surface area (TPSA) is 9.23 Å². The van der Waals surface area contributed by atoms with E-state index in [1.165, 1.54) is 5.56 Å². The molecule has 0 heterocycles. The first-order valence-electron chi connectivity index (χ1n) is 6.65. The molecule has 3 heteroatoms. The third-order valence-electron chi connectivity index (χ3n) is 3.14. The summed E-state index contributed by atoms with van der Waals surface area (Å²) in [6.45, 7) is 5.13. The zero-order valence-electron chi connectivity index (χ0n) is 11.5. The summed E-state index contributed by atoms with van der Waals surface area (Å²) in [6, 6.07) is 4.18. The minimum atomic E-state index is 0.481. The SMILES string of the molecule is C#CCCCCOc1c(Br)cc(Br)cc1C(C)CC. The molecule has 0 saturated heterocycles. The summed E-state index contributed by atoms with van der Waals surface area (Å²) >= 11 is 7.13. The molecule has 1 rings (SSSR count). The number of halogens is 2. The highest BCUT2D eigenvalue weighted by molar-refractivity contribution is 9.11. The third-order valence-corrected chi connectivity index (χ3v) is 4.19. The normalized spacial score (nSPS) is 11.9. The Kier molecular flexibility index (Phi) is 7.56. The molecule has 0 bridgehead atoms. The van der Waals surface area contributed by atoms with E-state index in [1.54, 1.807) is 0 Å². The van der Waals surface area contributed by atoms with Crippen LogP contribution < -0.4 is 4.74 Å². The number of rotatable bonds is 7. The van der Waals surface area contributed by atoms with Gasteiger partial charge in [-0.05, 0) is 58.8 Å². The lowest BCUT2D eigenvalue weighted by atomic mass is 9.98. The van der Waals surface area contributed by atoms with E-state index >= 15 is 0 Å². The van der Waals surface area contributed by atoms with Crippen LogP contribution in [0.3, 0.4) is 0 Å². The molecule has 0 radical (unpaired) electrons.